The summed E-state index contributed by atoms with van der Waals surface area (Å²) in [6, 6.07) is 4.71. The summed E-state index contributed by atoms with van der Waals surface area (Å²) in [5.74, 6) is -0.144. The van der Waals surface area contributed by atoms with Crippen LogP contribution in [-0.2, 0) is 0 Å². The minimum absolute atomic E-state index is 0.0539. The van der Waals surface area contributed by atoms with Crippen molar-refractivity contribution >= 4 is 24.9 Å². The largest absolute Gasteiger partial charge is 0.295 e. The zero-order valence-electron chi connectivity index (χ0n) is 7.63. The van der Waals surface area contributed by atoms with Gasteiger partial charge in [-0.2, -0.15) is 0 Å². The van der Waals surface area contributed by atoms with Crippen LogP contribution >= 0.6 is 0 Å². The number of ketones is 2. The molecule has 2 nitrogen and oxygen atoms in total. The number of rotatable bonds is 2. The van der Waals surface area contributed by atoms with Gasteiger partial charge in [0.15, 0.2) is 11.6 Å². The van der Waals surface area contributed by atoms with E-state index in [9.17, 15) is 9.59 Å². The molecule has 1 aromatic rings. The lowest BCUT2D eigenvalue weighted by atomic mass is 9.87. The third kappa shape index (κ3) is 2.05. The Kier molecular flexibility index (Phi) is 2.66. The van der Waals surface area contributed by atoms with Crippen molar-refractivity contribution in [2.24, 2.45) is 0 Å². The number of hydrogen-bond donors (Lipinski definition) is 0. The molecule has 0 aliphatic rings. The summed E-state index contributed by atoms with van der Waals surface area (Å²) in [6.45, 7) is 2.90. The summed E-state index contributed by atoms with van der Waals surface area (Å²) in [5.41, 5.74) is 1.35. The van der Waals surface area contributed by atoms with Gasteiger partial charge in [-0.05, 0) is 13.8 Å². The van der Waals surface area contributed by atoms with Gasteiger partial charge in [0.1, 0.15) is 7.85 Å². The SMILES string of the molecule is [B]c1cc(C(C)=O)ccc1C(C)=O. The summed E-state index contributed by atoms with van der Waals surface area (Å²) in [6.07, 6.45) is 0. The van der Waals surface area contributed by atoms with Crippen LogP contribution in [-0.4, -0.2) is 19.4 Å². The third-order valence-corrected chi connectivity index (χ3v) is 1.84. The molecule has 0 heterocycles. The number of Topliss-reactive ketones (excluding diaryl/α,β-unsaturated/α-hetero) is 2. The minimum atomic E-state index is -0.0902. The Bertz CT molecular complexity index is 369. The molecule has 3 heteroatoms. The number of carbonyl (C=O) groups excluding carboxylic acids is 2. The van der Waals surface area contributed by atoms with Gasteiger partial charge in [-0.25, -0.2) is 0 Å². The van der Waals surface area contributed by atoms with Gasteiger partial charge in [-0.3, -0.25) is 9.59 Å². The van der Waals surface area contributed by atoms with E-state index in [1.807, 2.05) is 0 Å². The molecule has 64 valence electrons. The van der Waals surface area contributed by atoms with Crippen molar-refractivity contribution in [1.82, 2.24) is 0 Å². The van der Waals surface area contributed by atoms with Crippen LogP contribution in [0.15, 0.2) is 18.2 Å². The maximum atomic E-state index is 11.0. The van der Waals surface area contributed by atoms with E-state index in [4.69, 9.17) is 7.85 Å². The Labute approximate surface area is 78.4 Å². The fraction of sp³-hybridized carbons (Fsp3) is 0.200. The Morgan fingerprint density at radius 2 is 1.77 bits per heavy atom. The van der Waals surface area contributed by atoms with E-state index in [1.54, 1.807) is 12.1 Å². The first-order chi connectivity index (χ1) is 6.02. The molecule has 0 atom stereocenters. The van der Waals surface area contributed by atoms with E-state index in [0.717, 1.165) is 0 Å². The van der Waals surface area contributed by atoms with Crippen molar-refractivity contribution in [2.45, 2.75) is 13.8 Å². The third-order valence-electron chi connectivity index (χ3n) is 1.84. The molecule has 0 aromatic heterocycles. The van der Waals surface area contributed by atoms with Gasteiger partial charge in [0, 0.05) is 11.1 Å². The van der Waals surface area contributed by atoms with E-state index in [2.05, 4.69) is 0 Å². The fourth-order valence-electron chi connectivity index (χ4n) is 1.10. The summed E-state index contributed by atoms with van der Waals surface area (Å²) in [5, 5.41) is 0. The van der Waals surface area contributed by atoms with Gasteiger partial charge in [0.05, 0.1) is 0 Å². The highest BCUT2D eigenvalue weighted by Gasteiger charge is 2.05. The van der Waals surface area contributed by atoms with Crippen LogP contribution in [0.1, 0.15) is 34.6 Å². The molecular formula is C10H9BO2. The second kappa shape index (κ2) is 3.56. The zero-order chi connectivity index (χ0) is 10.0. The molecule has 1 rings (SSSR count). The molecule has 0 unspecified atom stereocenters. The summed E-state index contributed by atoms with van der Waals surface area (Å²) >= 11 is 0. The van der Waals surface area contributed by atoms with Gasteiger partial charge in [0.25, 0.3) is 0 Å². The van der Waals surface area contributed by atoms with Crippen molar-refractivity contribution in [3.05, 3.63) is 29.3 Å². The number of carbonyl (C=O) groups is 2. The van der Waals surface area contributed by atoms with Gasteiger partial charge in [-0.15, -0.1) is 0 Å². The van der Waals surface area contributed by atoms with Gasteiger partial charge in [-0.1, -0.05) is 23.7 Å². The van der Waals surface area contributed by atoms with Crippen LogP contribution in [0.2, 0.25) is 0 Å². The van der Waals surface area contributed by atoms with Gasteiger partial charge < -0.3 is 0 Å². The highest BCUT2D eigenvalue weighted by atomic mass is 16.1. The molecule has 1 aromatic carbocycles. The summed E-state index contributed by atoms with van der Waals surface area (Å²) < 4.78 is 0. The van der Waals surface area contributed by atoms with Crippen LogP contribution in [0.3, 0.4) is 0 Å². The molecule has 0 fully saturated rings. The van der Waals surface area contributed by atoms with Crippen LogP contribution in [0.25, 0.3) is 0 Å². The van der Waals surface area contributed by atoms with Crippen molar-refractivity contribution in [3.8, 4) is 0 Å². The van der Waals surface area contributed by atoms with Crippen molar-refractivity contribution in [3.63, 3.8) is 0 Å². The highest BCUT2D eigenvalue weighted by molar-refractivity contribution is 6.37. The Hall–Kier alpha value is -1.38. The Morgan fingerprint density at radius 1 is 1.15 bits per heavy atom. The zero-order valence-corrected chi connectivity index (χ0v) is 7.63. The maximum Gasteiger partial charge on any atom is 0.159 e. The van der Waals surface area contributed by atoms with E-state index >= 15 is 0 Å². The van der Waals surface area contributed by atoms with Gasteiger partial charge >= 0.3 is 0 Å². The van der Waals surface area contributed by atoms with E-state index in [1.165, 1.54) is 19.9 Å². The molecule has 0 spiro atoms. The van der Waals surface area contributed by atoms with Crippen LogP contribution in [0.4, 0.5) is 0 Å². The molecule has 0 amide bonds. The van der Waals surface area contributed by atoms with Crippen molar-refractivity contribution < 1.29 is 9.59 Å². The van der Waals surface area contributed by atoms with Crippen LogP contribution in [0.5, 0.6) is 0 Å². The normalized spacial score (nSPS) is 9.69. The molecule has 0 N–H and O–H groups in total. The van der Waals surface area contributed by atoms with Crippen LogP contribution in [0, 0.1) is 0 Å². The standard InChI is InChI=1S/C10H9BO2/c1-6(12)8-3-4-9(7(2)13)10(11)5-8/h3-5H,1-2H3. The predicted octanol–water partition coefficient (Wildman–Crippen LogP) is 0.886. The quantitative estimate of drug-likeness (QED) is 0.490. The molecule has 13 heavy (non-hydrogen) atoms. The highest BCUT2D eigenvalue weighted by Crippen LogP contribution is 2.02. The first kappa shape index (κ1) is 9.71. The van der Waals surface area contributed by atoms with Crippen molar-refractivity contribution in [1.29, 1.82) is 0 Å². The van der Waals surface area contributed by atoms with E-state index < -0.39 is 0 Å². The Balaban J connectivity index is 3.20. The smallest absolute Gasteiger partial charge is 0.159 e. The number of benzene rings is 1. The first-order valence-corrected chi connectivity index (χ1v) is 3.93. The lowest BCUT2D eigenvalue weighted by Gasteiger charge is -2.03. The Morgan fingerprint density at radius 3 is 2.15 bits per heavy atom. The second-order valence-corrected chi connectivity index (χ2v) is 2.91. The van der Waals surface area contributed by atoms with Gasteiger partial charge in [0.2, 0.25) is 0 Å². The predicted molar refractivity (Wildman–Crippen MR) is 51.8 cm³/mol. The number of hydrogen-bond acceptors (Lipinski definition) is 2. The molecule has 0 aliphatic carbocycles. The monoisotopic (exact) mass is 172 g/mol. The topological polar surface area (TPSA) is 34.1 Å². The molecule has 0 bridgehead atoms. The lowest BCUT2D eigenvalue weighted by Crippen LogP contribution is -2.15. The lowest BCUT2D eigenvalue weighted by molar-refractivity contribution is 0.100. The molecule has 0 aliphatic heterocycles. The molecule has 0 saturated carbocycles. The first-order valence-electron chi connectivity index (χ1n) is 3.93. The summed E-state index contributed by atoms with van der Waals surface area (Å²) in [7, 11) is 5.59. The van der Waals surface area contributed by atoms with E-state index in [-0.39, 0.29) is 11.6 Å². The average molecular weight is 172 g/mol. The summed E-state index contributed by atoms with van der Waals surface area (Å²) in [4.78, 5) is 21.9. The van der Waals surface area contributed by atoms with Crippen LogP contribution < -0.4 is 5.46 Å². The fourth-order valence-corrected chi connectivity index (χ4v) is 1.10. The molecular weight excluding hydrogens is 163 g/mol. The molecule has 0 saturated heterocycles. The average Bonchev–Trinajstić information content (AvgIpc) is 2.03. The second-order valence-electron chi connectivity index (χ2n) is 2.91. The van der Waals surface area contributed by atoms with E-state index in [0.29, 0.717) is 16.6 Å². The molecule has 2 radical (unpaired) electrons. The minimum Gasteiger partial charge on any atom is -0.295 e. The van der Waals surface area contributed by atoms with Crippen molar-refractivity contribution in [2.75, 3.05) is 0 Å². The maximum absolute atomic E-state index is 11.0.